The third kappa shape index (κ3) is 4.48. The maximum atomic E-state index is 12.7. The van der Waals surface area contributed by atoms with Crippen LogP contribution in [0.4, 0.5) is 5.00 Å². The zero-order valence-corrected chi connectivity index (χ0v) is 21.4. The van der Waals surface area contributed by atoms with Gasteiger partial charge in [0.15, 0.2) is 11.0 Å². The molecule has 1 N–H and O–H groups in total. The van der Waals surface area contributed by atoms with Crippen LogP contribution in [0.25, 0.3) is 11.4 Å². The molecule has 0 aromatic carbocycles. The molecule has 6 nitrogen and oxygen atoms in total. The molecule has 2 aliphatic rings. The molecule has 0 radical (unpaired) electrons. The van der Waals surface area contributed by atoms with Crippen LogP contribution in [0, 0.1) is 17.2 Å². The summed E-state index contributed by atoms with van der Waals surface area (Å²) in [6.45, 7) is 2.32. The van der Waals surface area contributed by atoms with Gasteiger partial charge in [-0.3, -0.25) is 4.79 Å². The Bertz CT molecular complexity index is 1230. The fraction of sp³-hybridized carbons (Fsp3) is 0.500. The average Bonchev–Trinajstić information content (AvgIpc) is 3.41. The highest BCUT2D eigenvalue weighted by molar-refractivity contribution is 7.99. The van der Waals surface area contributed by atoms with E-state index >= 15 is 0 Å². The summed E-state index contributed by atoms with van der Waals surface area (Å²) in [5.74, 6) is 1.74. The van der Waals surface area contributed by atoms with Gasteiger partial charge in [0, 0.05) is 27.7 Å². The molecule has 2 aliphatic carbocycles. The zero-order chi connectivity index (χ0) is 22.9. The molecule has 1 unspecified atom stereocenters. The lowest BCUT2D eigenvalue weighted by molar-refractivity contribution is -0.113. The Labute approximate surface area is 206 Å². The Kier molecular flexibility index (Phi) is 6.59. The van der Waals surface area contributed by atoms with Crippen molar-refractivity contribution in [1.82, 2.24) is 14.8 Å². The second-order valence-corrected chi connectivity index (χ2v) is 12.0. The molecule has 0 bridgehead atoms. The van der Waals surface area contributed by atoms with Crippen LogP contribution in [-0.2, 0) is 37.5 Å². The number of nitrogens with one attached hydrogen (secondary N) is 1. The molecule has 3 heterocycles. The van der Waals surface area contributed by atoms with Crippen molar-refractivity contribution in [3.8, 4) is 17.5 Å². The van der Waals surface area contributed by atoms with Gasteiger partial charge >= 0.3 is 0 Å². The minimum Gasteiger partial charge on any atom is -0.316 e. The number of amides is 1. The van der Waals surface area contributed by atoms with E-state index in [4.69, 9.17) is 0 Å². The van der Waals surface area contributed by atoms with Crippen molar-refractivity contribution in [3.05, 3.63) is 31.8 Å². The smallest absolute Gasteiger partial charge is 0.235 e. The summed E-state index contributed by atoms with van der Waals surface area (Å²) < 4.78 is 1.99. The third-order valence-corrected chi connectivity index (χ3v) is 9.87. The van der Waals surface area contributed by atoms with Gasteiger partial charge in [-0.05, 0) is 62.0 Å². The Hall–Kier alpha value is -2.15. The predicted octanol–water partition coefficient (Wildman–Crippen LogP) is 5.60. The molecule has 1 atom stereocenters. The van der Waals surface area contributed by atoms with Crippen LogP contribution < -0.4 is 5.32 Å². The van der Waals surface area contributed by atoms with Crippen LogP contribution >= 0.6 is 34.4 Å². The molecule has 5 rings (SSSR count). The molecule has 172 valence electrons. The Morgan fingerprint density at radius 3 is 2.94 bits per heavy atom. The zero-order valence-electron chi connectivity index (χ0n) is 18.9. The van der Waals surface area contributed by atoms with E-state index < -0.39 is 0 Å². The summed E-state index contributed by atoms with van der Waals surface area (Å²) >= 11 is 4.78. The molecule has 3 aromatic heterocycles. The first kappa shape index (κ1) is 22.6. The molecule has 3 aromatic rings. The number of fused-ring (bicyclic) bond motifs is 2. The van der Waals surface area contributed by atoms with Crippen molar-refractivity contribution in [2.24, 2.45) is 13.0 Å². The normalized spacial score (nSPS) is 17.7. The maximum Gasteiger partial charge on any atom is 0.235 e. The first-order valence-electron chi connectivity index (χ1n) is 11.5. The van der Waals surface area contributed by atoms with Crippen molar-refractivity contribution in [1.29, 1.82) is 5.26 Å². The van der Waals surface area contributed by atoms with Crippen LogP contribution in [0.5, 0.6) is 0 Å². The molecule has 9 heteroatoms. The SMILES string of the molecule is CC1CCc2c(-c3nnc(SCC(=O)Nc4sc5c(c4C#N)CCCCC5)n3C)csc2C1. The van der Waals surface area contributed by atoms with Gasteiger partial charge in [-0.1, -0.05) is 25.1 Å². The second kappa shape index (κ2) is 9.61. The molecule has 0 fully saturated rings. The molecule has 0 saturated carbocycles. The fourth-order valence-electron chi connectivity index (χ4n) is 4.78. The van der Waals surface area contributed by atoms with Gasteiger partial charge < -0.3 is 9.88 Å². The summed E-state index contributed by atoms with van der Waals surface area (Å²) in [6, 6.07) is 2.33. The van der Waals surface area contributed by atoms with Gasteiger partial charge in [-0.15, -0.1) is 32.9 Å². The summed E-state index contributed by atoms with van der Waals surface area (Å²) in [6.07, 6.45) is 8.88. The quantitative estimate of drug-likeness (QED) is 0.366. The molecule has 33 heavy (non-hydrogen) atoms. The van der Waals surface area contributed by atoms with Crippen LogP contribution in [0.1, 0.15) is 59.1 Å². The number of nitriles is 1. The van der Waals surface area contributed by atoms with E-state index in [0.717, 1.165) is 61.0 Å². The van der Waals surface area contributed by atoms with Gasteiger partial charge in [-0.25, -0.2) is 0 Å². The van der Waals surface area contributed by atoms with Gasteiger partial charge in [0.1, 0.15) is 11.1 Å². The molecule has 0 saturated heterocycles. The van der Waals surface area contributed by atoms with Crippen molar-refractivity contribution in [2.45, 2.75) is 63.4 Å². The standard InChI is InChI=1S/C24H27N5OS3/c1-14-8-9-16-18(12-31-20(16)10-14)22-27-28-24(29(22)2)32-13-21(30)26-23-17(11-25)15-6-4-3-5-7-19(15)33-23/h12,14H,3-10,13H2,1-2H3,(H,26,30). The van der Waals surface area contributed by atoms with Crippen LogP contribution in [0.15, 0.2) is 10.5 Å². The van der Waals surface area contributed by atoms with Gasteiger partial charge in [0.05, 0.1) is 11.3 Å². The Morgan fingerprint density at radius 2 is 2.09 bits per heavy atom. The number of thiophene rings is 2. The highest BCUT2D eigenvalue weighted by Crippen LogP contribution is 2.39. The molecule has 0 aliphatic heterocycles. The number of aryl methyl sites for hydroxylation is 1. The lowest BCUT2D eigenvalue weighted by atomic mass is 9.88. The summed E-state index contributed by atoms with van der Waals surface area (Å²) in [5.41, 5.74) is 4.42. The van der Waals surface area contributed by atoms with Crippen molar-refractivity contribution in [3.63, 3.8) is 0 Å². The molecular formula is C24H27N5OS3. The Balaban J connectivity index is 1.26. The van der Waals surface area contributed by atoms with Gasteiger partial charge in [0.2, 0.25) is 5.91 Å². The Morgan fingerprint density at radius 1 is 1.24 bits per heavy atom. The summed E-state index contributed by atoms with van der Waals surface area (Å²) in [5, 5.41) is 25.1. The van der Waals surface area contributed by atoms with Crippen LogP contribution in [0.3, 0.4) is 0 Å². The topological polar surface area (TPSA) is 83.6 Å². The molecule has 1 amide bonds. The van der Waals surface area contributed by atoms with Crippen LogP contribution in [-0.4, -0.2) is 26.4 Å². The van der Waals surface area contributed by atoms with E-state index in [9.17, 15) is 10.1 Å². The monoisotopic (exact) mass is 497 g/mol. The van der Waals surface area contributed by atoms with E-state index in [1.54, 1.807) is 11.3 Å². The van der Waals surface area contributed by atoms with Gasteiger partial charge in [0.25, 0.3) is 0 Å². The largest absolute Gasteiger partial charge is 0.316 e. The number of hydrogen-bond donors (Lipinski definition) is 1. The van der Waals surface area contributed by atoms with E-state index in [0.29, 0.717) is 10.6 Å². The number of rotatable bonds is 5. The van der Waals surface area contributed by atoms with Gasteiger partial charge in [-0.2, -0.15) is 5.26 Å². The maximum absolute atomic E-state index is 12.7. The summed E-state index contributed by atoms with van der Waals surface area (Å²) in [7, 11) is 1.97. The lowest BCUT2D eigenvalue weighted by Crippen LogP contribution is -2.14. The van der Waals surface area contributed by atoms with Crippen molar-refractivity contribution < 1.29 is 4.79 Å². The molecular weight excluding hydrogens is 470 g/mol. The minimum absolute atomic E-state index is 0.112. The lowest BCUT2D eigenvalue weighted by Gasteiger charge is -2.18. The van der Waals surface area contributed by atoms with E-state index in [-0.39, 0.29) is 11.7 Å². The average molecular weight is 498 g/mol. The second-order valence-electron chi connectivity index (χ2n) is 8.98. The third-order valence-electron chi connectivity index (χ3n) is 6.60. The highest BCUT2D eigenvalue weighted by atomic mass is 32.2. The molecule has 0 spiro atoms. The number of carbonyl (C=O) groups excluding carboxylic acids is 1. The van der Waals surface area contributed by atoms with Crippen molar-refractivity contribution in [2.75, 3.05) is 11.1 Å². The number of hydrogen-bond acceptors (Lipinski definition) is 7. The first-order valence-corrected chi connectivity index (χ1v) is 14.2. The number of anilines is 1. The van der Waals surface area contributed by atoms with Crippen molar-refractivity contribution >= 4 is 45.3 Å². The first-order chi connectivity index (χ1) is 16.0. The number of thioether (sulfide) groups is 1. The van der Waals surface area contributed by atoms with Crippen LogP contribution in [0.2, 0.25) is 0 Å². The summed E-state index contributed by atoms with van der Waals surface area (Å²) in [4.78, 5) is 15.5. The predicted molar refractivity (Wildman–Crippen MR) is 135 cm³/mol. The minimum atomic E-state index is -0.112. The number of carbonyl (C=O) groups is 1. The fourth-order valence-corrected chi connectivity index (χ4v) is 7.99. The van der Waals surface area contributed by atoms with E-state index in [2.05, 4.69) is 33.9 Å². The number of nitrogens with zero attached hydrogens (tertiary/aromatic N) is 4. The number of aromatic nitrogens is 3. The van der Waals surface area contributed by atoms with E-state index in [1.165, 1.54) is 45.5 Å². The van der Waals surface area contributed by atoms with E-state index in [1.807, 2.05) is 23.0 Å². The highest BCUT2D eigenvalue weighted by Gasteiger charge is 2.24.